The van der Waals surface area contributed by atoms with Crippen LogP contribution in [-0.2, 0) is 0 Å². The van der Waals surface area contributed by atoms with Crippen molar-refractivity contribution < 1.29 is 23.0 Å². The maximum Gasteiger partial charge on any atom is 0.422 e. The molecule has 7 heteroatoms. The molecule has 0 amide bonds. The number of ether oxygens (including phenoxy) is 1. The Morgan fingerprint density at radius 3 is 2.48 bits per heavy atom. The van der Waals surface area contributed by atoms with Gasteiger partial charge in [0.2, 0.25) is 0 Å². The van der Waals surface area contributed by atoms with Gasteiger partial charge in [0.15, 0.2) is 12.5 Å². The van der Waals surface area contributed by atoms with Crippen molar-refractivity contribution in [2.24, 2.45) is 0 Å². The van der Waals surface area contributed by atoms with Crippen LogP contribution in [0.3, 0.4) is 0 Å². The number of aromatic nitrogens is 1. The largest absolute Gasteiger partial charge is 0.469 e. The van der Waals surface area contributed by atoms with Crippen molar-refractivity contribution in [1.82, 2.24) is 4.98 Å². The van der Waals surface area contributed by atoms with Crippen molar-refractivity contribution in [3.63, 3.8) is 0 Å². The molecule has 1 heterocycles. The van der Waals surface area contributed by atoms with Crippen LogP contribution in [0, 0.1) is 4.51 Å². The summed E-state index contributed by atoms with van der Waals surface area (Å²) in [5.41, 5.74) is 0.521. The number of aromatic amines is 1. The number of nitrogens with one attached hydrogen (secondary N) is 1. The highest BCUT2D eigenvalue weighted by molar-refractivity contribution is 7.71. The molecule has 0 radical (unpaired) electrons. The minimum absolute atomic E-state index is 0.0529. The molecule has 132 valence electrons. The van der Waals surface area contributed by atoms with Crippen LogP contribution in [0.1, 0.15) is 63.5 Å². The summed E-state index contributed by atoms with van der Waals surface area (Å²) in [6, 6.07) is 1.31. The lowest BCUT2D eigenvalue weighted by Crippen LogP contribution is -2.19. The van der Waals surface area contributed by atoms with Gasteiger partial charge in [-0.05, 0) is 6.42 Å². The Morgan fingerprint density at radius 2 is 1.87 bits per heavy atom. The number of hydrogen-bond acceptors (Lipinski definition) is 3. The van der Waals surface area contributed by atoms with Gasteiger partial charge in [0.25, 0.3) is 0 Å². The van der Waals surface area contributed by atoms with Crippen LogP contribution in [0.5, 0.6) is 5.88 Å². The van der Waals surface area contributed by atoms with Crippen LogP contribution in [-0.4, -0.2) is 22.9 Å². The van der Waals surface area contributed by atoms with E-state index in [4.69, 9.17) is 12.2 Å². The SMILES string of the molecule is CCCCCCCCC(O)c1c[nH]c(OCC(F)(F)F)cc1=S. The Balaban J connectivity index is 2.45. The van der Waals surface area contributed by atoms with Gasteiger partial charge in [-0.1, -0.05) is 57.7 Å². The highest BCUT2D eigenvalue weighted by Crippen LogP contribution is 2.24. The Hall–Kier alpha value is -1.08. The van der Waals surface area contributed by atoms with Crippen molar-refractivity contribution >= 4 is 12.2 Å². The van der Waals surface area contributed by atoms with E-state index in [0.29, 0.717) is 16.5 Å². The fraction of sp³-hybridized carbons (Fsp3) is 0.688. The third-order valence-corrected chi connectivity index (χ3v) is 3.85. The maximum absolute atomic E-state index is 12.1. The van der Waals surface area contributed by atoms with Gasteiger partial charge in [-0.2, -0.15) is 13.2 Å². The van der Waals surface area contributed by atoms with E-state index in [0.717, 1.165) is 19.3 Å². The van der Waals surface area contributed by atoms with Gasteiger partial charge < -0.3 is 14.8 Å². The molecule has 0 bridgehead atoms. The first kappa shape index (κ1) is 20.0. The van der Waals surface area contributed by atoms with Crippen molar-refractivity contribution in [3.05, 3.63) is 22.3 Å². The minimum Gasteiger partial charge on any atom is -0.469 e. The molecule has 3 nitrogen and oxygen atoms in total. The van der Waals surface area contributed by atoms with E-state index < -0.39 is 18.9 Å². The van der Waals surface area contributed by atoms with Crippen molar-refractivity contribution in [3.8, 4) is 5.88 Å². The van der Waals surface area contributed by atoms with E-state index >= 15 is 0 Å². The van der Waals surface area contributed by atoms with Gasteiger partial charge in [-0.15, -0.1) is 0 Å². The van der Waals surface area contributed by atoms with Crippen LogP contribution < -0.4 is 4.74 Å². The summed E-state index contributed by atoms with van der Waals surface area (Å²) < 4.78 is 41.2. The summed E-state index contributed by atoms with van der Waals surface area (Å²) in [4.78, 5) is 2.60. The molecule has 0 aliphatic rings. The third-order valence-electron chi connectivity index (χ3n) is 3.50. The van der Waals surface area contributed by atoms with E-state index in [1.54, 1.807) is 0 Å². The second kappa shape index (κ2) is 9.93. The van der Waals surface area contributed by atoms with E-state index in [9.17, 15) is 18.3 Å². The normalized spacial score (nSPS) is 13.1. The van der Waals surface area contributed by atoms with Crippen LogP contribution in [0.25, 0.3) is 0 Å². The number of aliphatic hydroxyl groups is 1. The molecule has 0 saturated carbocycles. The Labute approximate surface area is 139 Å². The summed E-state index contributed by atoms with van der Waals surface area (Å²) in [6.45, 7) is 0.783. The number of aliphatic hydroxyl groups excluding tert-OH is 1. The molecule has 0 aromatic carbocycles. The predicted molar refractivity (Wildman–Crippen MR) is 86.1 cm³/mol. The quantitative estimate of drug-likeness (QED) is 0.434. The average Bonchev–Trinajstić information content (AvgIpc) is 2.48. The molecule has 1 aromatic heterocycles. The van der Waals surface area contributed by atoms with Crippen molar-refractivity contribution in [2.75, 3.05) is 6.61 Å². The molecule has 0 spiro atoms. The molecule has 23 heavy (non-hydrogen) atoms. The lowest BCUT2D eigenvalue weighted by Gasteiger charge is -2.13. The molecule has 1 rings (SSSR count). The van der Waals surface area contributed by atoms with Gasteiger partial charge in [-0.3, -0.25) is 0 Å². The Bertz CT molecular complexity index is 517. The lowest BCUT2D eigenvalue weighted by atomic mass is 10.0. The fourth-order valence-electron chi connectivity index (χ4n) is 2.24. The molecular weight excluding hydrogens is 327 g/mol. The smallest absolute Gasteiger partial charge is 0.422 e. The zero-order valence-electron chi connectivity index (χ0n) is 13.3. The zero-order chi connectivity index (χ0) is 17.3. The molecule has 2 N–H and O–H groups in total. The number of pyridine rings is 1. The lowest BCUT2D eigenvalue weighted by molar-refractivity contribution is -0.154. The van der Waals surface area contributed by atoms with Crippen LogP contribution in [0.15, 0.2) is 12.3 Å². The number of halogens is 3. The molecule has 0 saturated heterocycles. The van der Waals surface area contributed by atoms with Crippen LogP contribution in [0.2, 0.25) is 0 Å². The number of alkyl halides is 3. The highest BCUT2D eigenvalue weighted by Gasteiger charge is 2.28. The van der Waals surface area contributed by atoms with Crippen LogP contribution >= 0.6 is 12.2 Å². The number of hydrogen-bond donors (Lipinski definition) is 2. The summed E-state index contributed by atoms with van der Waals surface area (Å²) in [6.07, 6.45) is 3.64. The van der Waals surface area contributed by atoms with E-state index in [1.165, 1.54) is 31.5 Å². The first-order valence-electron chi connectivity index (χ1n) is 7.93. The zero-order valence-corrected chi connectivity index (χ0v) is 14.1. The Morgan fingerprint density at radius 1 is 1.22 bits per heavy atom. The van der Waals surface area contributed by atoms with Gasteiger partial charge >= 0.3 is 6.18 Å². The van der Waals surface area contributed by atoms with Gasteiger partial charge in [-0.25, -0.2) is 0 Å². The fourth-order valence-corrected chi connectivity index (χ4v) is 2.54. The van der Waals surface area contributed by atoms with E-state index in [-0.39, 0.29) is 5.88 Å². The van der Waals surface area contributed by atoms with Crippen molar-refractivity contribution in [1.29, 1.82) is 0 Å². The van der Waals surface area contributed by atoms with Crippen molar-refractivity contribution in [2.45, 2.75) is 64.1 Å². The van der Waals surface area contributed by atoms with Gasteiger partial charge in [0.1, 0.15) is 0 Å². The second-order valence-corrected chi connectivity index (χ2v) is 6.03. The number of H-pyrrole nitrogens is 1. The Kier molecular flexibility index (Phi) is 8.62. The summed E-state index contributed by atoms with van der Waals surface area (Å²) in [7, 11) is 0. The molecular formula is C16H24F3NO2S. The topological polar surface area (TPSA) is 45.2 Å². The van der Waals surface area contributed by atoms with E-state index in [2.05, 4.69) is 16.6 Å². The predicted octanol–water partition coefficient (Wildman–Crippen LogP) is 5.47. The monoisotopic (exact) mass is 351 g/mol. The first-order valence-corrected chi connectivity index (χ1v) is 8.34. The molecule has 1 aromatic rings. The van der Waals surface area contributed by atoms with Gasteiger partial charge in [0, 0.05) is 17.8 Å². The summed E-state index contributed by atoms with van der Waals surface area (Å²) in [5.74, 6) is -0.0529. The first-order chi connectivity index (χ1) is 10.8. The molecule has 0 fully saturated rings. The summed E-state index contributed by atoms with van der Waals surface area (Å²) >= 11 is 5.12. The average molecular weight is 351 g/mol. The highest BCUT2D eigenvalue weighted by atomic mass is 32.1. The standard InChI is InChI=1S/C16H24F3NO2S/c1-2-3-4-5-6-7-8-13(21)12-10-20-15(9-14(12)23)22-11-16(17,18)19/h9-10,13,21H,2-8,11H2,1H3,(H,20,23). The van der Waals surface area contributed by atoms with Gasteiger partial charge in [0.05, 0.1) is 10.6 Å². The van der Waals surface area contributed by atoms with Crippen LogP contribution in [0.4, 0.5) is 13.2 Å². The summed E-state index contributed by atoms with van der Waals surface area (Å²) in [5, 5.41) is 10.1. The molecule has 0 aliphatic carbocycles. The molecule has 1 unspecified atom stereocenters. The minimum atomic E-state index is -4.40. The molecule has 1 atom stereocenters. The number of unbranched alkanes of at least 4 members (excludes halogenated alkanes) is 5. The maximum atomic E-state index is 12.1. The number of rotatable bonds is 10. The second-order valence-electron chi connectivity index (χ2n) is 5.59. The molecule has 0 aliphatic heterocycles. The van der Waals surface area contributed by atoms with E-state index in [1.807, 2.05) is 0 Å². The third kappa shape index (κ3) is 8.37.